The third-order valence-electron chi connectivity index (χ3n) is 3.74. The first kappa shape index (κ1) is 11.0. The Morgan fingerprint density at radius 3 is 2.76 bits per heavy atom. The lowest BCUT2D eigenvalue weighted by Crippen LogP contribution is -2.15. The maximum atomic E-state index is 4.79. The second kappa shape index (κ2) is 4.63. The van der Waals surface area contributed by atoms with Crippen molar-refractivity contribution in [1.29, 1.82) is 0 Å². The molecule has 1 aromatic heterocycles. The van der Waals surface area contributed by atoms with Crippen LogP contribution in [0.5, 0.6) is 0 Å². The minimum Gasteiger partial charge on any atom is -0.370 e. The van der Waals surface area contributed by atoms with Gasteiger partial charge in [0, 0.05) is 24.2 Å². The first-order valence-corrected chi connectivity index (χ1v) is 6.99. The van der Waals surface area contributed by atoms with Crippen LogP contribution in [0.25, 0.3) is 0 Å². The molecular formula is C14H21N3. The van der Waals surface area contributed by atoms with Crippen molar-refractivity contribution in [2.75, 3.05) is 11.9 Å². The van der Waals surface area contributed by atoms with E-state index in [1.165, 1.54) is 36.9 Å². The van der Waals surface area contributed by atoms with Gasteiger partial charge in [0.2, 0.25) is 0 Å². The lowest BCUT2D eigenvalue weighted by molar-refractivity contribution is 0.648. The molecule has 0 radical (unpaired) electrons. The third-order valence-corrected chi connectivity index (χ3v) is 3.74. The Balaban J connectivity index is 1.91. The van der Waals surface area contributed by atoms with E-state index in [0.717, 1.165) is 43.4 Å². The molecule has 0 amide bonds. The summed E-state index contributed by atoms with van der Waals surface area (Å²) in [5.74, 6) is 3.06. The molecule has 17 heavy (non-hydrogen) atoms. The van der Waals surface area contributed by atoms with E-state index in [-0.39, 0.29) is 0 Å². The molecule has 3 nitrogen and oxygen atoms in total. The van der Waals surface area contributed by atoms with Gasteiger partial charge in [-0.1, -0.05) is 0 Å². The smallest absolute Gasteiger partial charge is 0.133 e. The van der Waals surface area contributed by atoms with E-state index in [1.807, 2.05) is 0 Å². The van der Waals surface area contributed by atoms with Gasteiger partial charge in [-0.15, -0.1) is 0 Å². The number of anilines is 1. The van der Waals surface area contributed by atoms with E-state index in [2.05, 4.69) is 12.2 Å². The maximum absolute atomic E-state index is 4.79. The molecule has 2 aliphatic carbocycles. The molecule has 3 rings (SSSR count). The lowest BCUT2D eigenvalue weighted by atomic mass is 9.96. The molecule has 1 fully saturated rings. The number of hydrogen-bond donors (Lipinski definition) is 1. The summed E-state index contributed by atoms with van der Waals surface area (Å²) < 4.78 is 0. The van der Waals surface area contributed by atoms with Gasteiger partial charge in [-0.3, -0.25) is 0 Å². The van der Waals surface area contributed by atoms with E-state index in [9.17, 15) is 0 Å². The molecule has 0 saturated heterocycles. The van der Waals surface area contributed by atoms with E-state index < -0.39 is 0 Å². The van der Waals surface area contributed by atoms with Crippen LogP contribution < -0.4 is 5.32 Å². The number of fused-ring (bicyclic) bond motifs is 1. The molecule has 0 spiro atoms. The van der Waals surface area contributed by atoms with Gasteiger partial charge < -0.3 is 5.32 Å². The molecule has 1 aromatic rings. The van der Waals surface area contributed by atoms with Crippen molar-refractivity contribution in [1.82, 2.24) is 9.97 Å². The highest BCUT2D eigenvalue weighted by Crippen LogP contribution is 2.33. The highest BCUT2D eigenvalue weighted by molar-refractivity contribution is 5.47. The normalized spacial score (nSPS) is 18.9. The Hall–Kier alpha value is -1.12. The SMILES string of the molecule is CCNc1nc(CC2CC2)nc2c1CCCC2. The summed E-state index contributed by atoms with van der Waals surface area (Å²) in [6.07, 6.45) is 8.71. The third kappa shape index (κ3) is 2.43. The largest absolute Gasteiger partial charge is 0.370 e. The van der Waals surface area contributed by atoms with Gasteiger partial charge in [-0.05, 0) is 51.4 Å². The maximum Gasteiger partial charge on any atom is 0.133 e. The number of nitrogens with one attached hydrogen (secondary N) is 1. The number of aromatic nitrogens is 2. The van der Waals surface area contributed by atoms with Crippen molar-refractivity contribution in [3.05, 3.63) is 17.1 Å². The minimum absolute atomic E-state index is 0.867. The Kier molecular flexibility index (Phi) is 3.00. The average molecular weight is 231 g/mol. The molecule has 1 N–H and O–H groups in total. The summed E-state index contributed by atoms with van der Waals surface area (Å²) in [6.45, 7) is 3.09. The highest BCUT2D eigenvalue weighted by atomic mass is 15.0. The second-order valence-electron chi connectivity index (χ2n) is 5.30. The lowest BCUT2D eigenvalue weighted by Gasteiger charge is -2.19. The standard InChI is InChI=1S/C14H21N3/c1-2-15-14-11-5-3-4-6-12(11)16-13(17-14)9-10-7-8-10/h10H,2-9H2,1H3,(H,15,16,17). The predicted octanol–water partition coefficient (Wildman–Crippen LogP) is 2.74. The molecule has 0 aliphatic heterocycles. The molecule has 3 heteroatoms. The summed E-state index contributed by atoms with van der Waals surface area (Å²) in [5.41, 5.74) is 2.70. The van der Waals surface area contributed by atoms with Gasteiger partial charge in [-0.2, -0.15) is 0 Å². The Labute approximate surface area is 103 Å². The van der Waals surface area contributed by atoms with Crippen LogP contribution in [0, 0.1) is 5.92 Å². The summed E-state index contributed by atoms with van der Waals surface area (Å²) in [4.78, 5) is 9.52. The zero-order chi connectivity index (χ0) is 11.7. The number of nitrogens with zero attached hydrogens (tertiary/aromatic N) is 2. The van der Waals surface area contributed by atoms with Crippen molar-refractivity contribution in [3.63, 3.8) is 0 Å². The highest BCUT2D eigenvalue weighted by Gasteiger charge is 2.24. The molecule has 0 atom stereocenters. The predicted molar refractivity (Wildman–Crippen MR) is 69.3 cm³/mol. The number of rotatable bonds is 4. The summed E-state index contributed by atoms with van der Waals surface area (Å²) in [7, 11) is 0. The van der Waals surface area contributed by atoms with Crippen LogP contribution in [0.3, 0.4) is 0 Å². The van der Waals surface area contributed by atoms with Crippen LogP contribution in [-0.4, -0.2) is 16.5 Å². The van der Waals surface area contributed by atoms with E-state index >= 15 is 0 Å². The minimum atomic E-state index is 0.867. The topological polar surface area (TPSA) is 37.8 Å². The van der Waals surface area contributed by atoms with Gasteiger partial charge in [-0.25, -0.2) is 9.97 Å². The molecule has 0 unspecified atom stereocenters. The van der Waals surface area contributed by atoms with Crippen LogP contribution in [0.4, 0.5) is 5.82 Å². The van der Waals surface area contributed by atoms with Crippen molar-refractivity contribution in [2.24, 2.45) is 5.92 Å². The van der Waals surface area contributed by atoms with Crippen molar-refractivity contribution in [2.45, 2.75) is 51.9 Å². The van der Waals surface area contributed by atoms with Crippen molar-refractivity contribution >= 4 is 5.82 Å². The molecule has 92 valence electrons. The zero-order valence-corrected chi connectivity index (χ0v) is 10.6. The average Bonchev–Trinajstić information content (AvgIpc) is 3.13. The summed E-state index contributed by atoms with van der Waals surface area (Å²) >= 11 is 0. The quantitative estimate of drug-likeness (QED) is 0.866. The fourth-order valence-corrected chi connectivity index (χ4v) is 2.63. The number of hydrogen-bond acceptors (Lipinski definition) is 3. The van der Waals surface area contributed by atoms with Crippen LogP contribution in [0.1, 0.15) is 49.7 Å². The second-order valence-corrected chi connectivity index (χ2v) is 5.30. The van der Waals surface area contributed by atoms with Gasteiger partial charge >= 0.3 is 0 Å². The Morgan fingerprint density at radius 2 is 2.00 bits per heavy atom. The van der Waals surface area contributed by atoms with E-state index in [0.29, 0.717) is 0 Å². The molecule has 1 saturated carbocycles. The van der Waals surface area contributed by atoms with Crippen LogP contribution >= 0.6 is 0 Å². The summed E-state index contributed by atoms with van der Waals surface area (Å²) in [6, 6.07) is 0. The Bertz CT molecular complexity index is 410. The van der Waals surface area contributed by atoms with Crippen LogP contribution in [-0.2, 0) is 19.3 Å². The van der Waals surface area contributed by atoms with Gasteiger partial charge in [0.1, 0.15) is 11.6 Å². The molecule has 2 aliphatic rings. The van der Waals surface area contributed by atoms with Crippen molar-refractivity contribution < 1.29 is 0 Å². The van der Waals surface area contributed by atoms with Gasteiger partial charge in [0.05, 0.1) is 0 Å². The number of aryl methyl sites for hydroxylation is 1. The fraction of sp³-hybridized carbons (Fsp3) is 0.714. The molecule has 0 aromatic carbocycles. The first-order valence-electron chi connectivity index (χ1n) is 6.99. The van der Waals surface area contributed by atoms with E-state index in [4.69, 9.17) is 9.97 Å². The monoisotopic (exact) mass is 231 g/mol. The fourth-order valence-electron chi connectivity index (χ4n) is 2.63. The Morgan fingerprint density at radius 1 is 1.18 bits per heavy atom. The van der Waals surface area contributed by atoms with Gasteiger partial charge in [0.25, 0.3) is 0 Å². The molecular weight excluding hydrogens is 210 g/mol. The van der Waals surface area contributed by atoms with Crippen molar-refractivity contribution in [3.8, 4) is 0 Å². The van der Waals surface area contributed by atoms with Crippen LogP contribution in [0.2, 0.25) is 0 Å². The van der Waals surface area contributed by atoms with Crippen LogP contribution in [0.15, 0.2) is 0 Å². The molecule has 1 heterocycles. The first-order chi connectivity index (χ1) is 8.36. The zero-order valence-electron chi connectivity index (χ0n) is 10.6. The molecule has 0 bridgehead atoms. The van der Waals surface area contributed by atoms with E-state index in [1.54, 1.807) is 0 Å². The van der Waals surface area contributed by atoms with Gasteiger partial charge in [0.15, 0.2) is 0 Å². The summed E-state index contributed by atoms with van der Waals surface area (Å²) in [5, 5.41) is 3.42.